The Morgan fingerprint density at radius 1 is 0.328 bits per heavy atom. The van der Waals surface area contributed by atoms with Crippen LogP contribution < -0.4 is 0 Å². The molecule has 0 fully saturated rings. The van der Waals surface area contributed by atoms with Gasteiger partial charge in [-0.05, 0) is 89.9 Å². The fraction of sp³-hybridized carbons (Fsp3) is 0.707. The molecule has 0 radical (unpaired) electrons. The number of rotatable bonds is 47. The lowest BCUT2D eigenvalue weighted by molar-refractivity contribution is -0.167. The van der Waals surface area contributed by atoms with Crippen LogP contribution in [0.1, 0.15) is 245 Å². The molecule has 0 aliphatic heterocycles. The molecule has 0 aromatic heterocycles. The molecule has 0 rings (SSSR count). The lowest BCUT2D eigenvalue weighted by Gasteiger charge is -2.18. The van der Waals surface area contributed by atoms with Crippen LogP contribution in [0, 0.1) is 0 Å². The Bertz CT molecular complexity index is 1250. The summed E-state index contributed by atoms with van der Waals surface area (Å²) in [5.41, 5.74) is 0. The summed E-state index contributed by atoms with van der Waals surface area (Å²) < 4.78 is 16.8. The highest BCUT2D eigenvalue weighted by molar-refractivity contribution is 5.71. The van der Waals surface area contributed by atoms with Gasteiger partial charge in [0, 0.05) is 19.3 Å². The molecule has 0 aliphatic rings. The van der Waals surface area contributed by atoms with Crippen LogP contribution in [-0.2, 0) is 28.6 Å². The van der Waals surface area contributed by atoms with E-state index in [9.17, 15) is 14.4 Å². The number of carbonyl (C=O) groups excluding carboxylic acids is 3. The highest BCUT2D eigenvalue weighted by atomic mass is 16.6. The van der Waals surface area contributed by atoms with E-state index in [4.69, 9.17) is 14.2 Å². The van der Waals surface area contributed by atoms with Crippen molar-refractivity contribution in [1.82, 2.24) is 0 Å². The van der Waals surface area contributed by atoms with Gasteiger partial charge in [-0.2, -0.15) is 0 Å². The average Bonchev–Trinajstić information content (AvgIpc) is 3.29. The lowest BCUT2D eigenvalue weighted by atomic mass is 10.1. The van der Waals surface area contributed by atoms with Gasteiger partial charge in [-0.15, -0.1) is 0 Å². The summed E-state index contributed by atoms with van der Waals surface area (Å²) in [6, 6.07) is 0. The number of esters is 3. The van der Waals surface area contributed by atoms with E-state index in [0.29, 0.717) is 19.3 Å². The Hall–Kier alpha value is -3.41. The molecule has 64 heavy (non-hydrogen) atoms. The zero-order valence-electron chi connectivity index (χ0n) is 41.8. The molecule has 1 unspecified atom stereocenters. The van der Waals surface area contributed by atoms with Crippen molar-refractivity contribution in [2.45, 2.75) is 252 Å². The van der Waals surface area contributed by atoms with Gasteiger partial charge in [-0.25, -0.2) is 0 Å². The Kier molecular flexibility index (Phi) is 49.4. The molecule has 6 nitrogen and oxygen atoms in total. The summed E-state index contributed by atoms with van der Waals surface area (Å²) in [7, 11) is 0. The van der Waals surface area contributed by atoms with Crippen molar-refractivity contribution >= 4 is 17.9 Å². The van der Waals surface area contributed by atoms with Gasteiger partial charge in [0.1, 0.15) is 13.2 Å². The molecule has 1 atom stereocenters. The smallest absolute Gasteiger partial charge is 0.306 e. The van der Waals surface area contributed by atoms with Gasteiger partial charge in [-0.1, -0.05) is 221 Å². The zero-order valence-corrected chi connectivity index (χ0v) is 41.8. The molecule has 0 aliphatic carbocycles. The van der Waals surface area contributed by atoms with E-state index in [0.717, 1.165) is 109 Å². The van der Waals surface area contributed by atoms with Crippen LogP contribution in [0.2, 0.25) is 0 Å². The summed E-state index contributed by atoms with van der Waals surface area (Å²) in [5, 5.41) is 0. The second-order valence-corrected chi connectivity index (χ2v) is 17.5. The van der Waals surface area contributed by atoms with E-state index in [1.807, 2.05) is 0 Å². The molecule has 0 heterocycles. The largest absolute Gasteiger partial charge is 0.462 e. The highest BCUT2D eigenvalue weighted by Gasteiger charge is 2.19. The van der Waals surface area contributed by atoms with E-state index in [1.165, 1.54) is 96.3 Å². The van der Waals surface area contributed by atoms with E-state index >= 15 is 0 Å². The zero-order chi connectivity index (χ0) is 46.5. The van der Waals surface area contributed by atoms with Gasteiger partial charge >= 0.3 is 17.9 Å². The number of unbranched alkanes of at least 4 members (excludes halogenated alkanes) is 26. The maximum Gasteiger partial charge on any atom is 0.306 e. The number of carbonyl (C=O) groups is 3. The third-order valence-electron chi connectivity index (χ3n) is 11.2. The molecular formula is C58H98O6. The first-order valence-electron chi connectivity index (χ1n) is 26.7. The predicted molar refractivity (Wildman–Crippen MR) is 274 cm³/mol. The van der Waals surface area contributed by atoms with Crippen LogP contribution in [0.15, 0.2) is 85.1 Å². The van der Waals surface area contributed by atoms with Crippen molar-refractivity contribution in [3.63, 3.8) is 0 Å². The SMILES string of the molecule is CC\C=C/C=C\C=C/CCCCCCCC(=O)OCC(COC(=O)CCCCCCC\C=C/C=C\C=C/CCCCCCC)OC(=O)CCCCCCCCC/C=C\CCCCCC. The van der Waals surface area contributed by atoms with E-state index in [-0.39, 0.29) is 31.1 Å². The van der Waals surface area contributed by atoms with Crippen LogP contribution >= 0.6 is 0 Å². The minimum Gasteiger partial charge on any atom is -0.462 e. The molecule has 0 saturated heterocycles. The van der Waals surface area contributed by atoms with Crippen LogP contribution in [0.3, 0.4) is 0 Å². The second kappa shape index (κ2) is 52.2. The molecule has 6 heteroatoms. The van der Waals surface area contributed by atoms with Gasteiger partial charge in [-0.3, -0.25) is 14.4 Å². The Morgan fingerprint density at radius 2 is 0.625 bits per heavy atom. The highest BCUT2D eigenvalue weighted by Crippen LogP contribution is 2.14. The number of hydrogen-bond acceptors (Lipinski definition) is 6. The van der Waals surface area contributed by atoms with Crippen molar-refractivity contribution < 1.29 is 28.6 Å². The standard InChI is InChI=1S/C58H98O6/c1-4-7-10-13-16-19-22-25-27-28-29-31-33-36-39-42-45-48-51-57(60)63-54-55(53-62-56(59)50-47-44-41-38-35-32-24-21-18-15-12-9-6-3)64-58(61)52-49-46-43-40-37-34-30-26-23-20-17-14-11-8-5-2/h9,12,15,18,20-25,27-29,31,55H,4-8,10-11,13-14,16-17,19,26,30,32-54H2,1-3H3/b12-9-,18-15-,23-20-,24-21-,25-22-,28-27-,31-29-. The summed E-state index contributed by atoms with van der Waals surface area (Å²) >= 11 is 0. The molecule has 0 spiro atoms. The Balaban J connectivity index is 4.45. The topological polar surface area (TPSA) is 78.9 Å². The number of ether oxygens (including phenoxy) is 3. The fourth-order valence-electron chi connectivity index (χ4n) is 7.20. The van der Waals surface area contributed by atoms with Crippen molar-refractivity contribution in [2.75, 3.05) is 13.2 Å². The first kappa shape index (κ1) is 60.6. The summed E-state index contributed by atoms with van der Waals surface area (Å²) in [5.74, 6) is -0.938. The van der Waals surface area contributed by atoms with Gasteiger partial charge in [0.15, 0.2) is 6.10 Å². The Morgan fingerprint density at radius 3 is 1.00 bits per heavy atom. The molecule has 0 amide bonds. The van der Waals surface area contributed by atoms with Crippen LogP contribution in [0.5, 0.6) is 0 Å². The summed E-state index contributed by atoms with van der Waals surface area (Å²) in [4.78, 5) is 38.0. The average molecular weight is 891 g/mol. The van der Waals surface area contributed by atoms with Crippen molar-refractivity contribution in [2.24, 2.45) is 0 Å². The molecule has 366 valence electrons. The van der Waals surface area contributed by atoms with Crippen LogP contribution in [0.4, 0.5) is 0 Å². The monoisotopic (exact) mass is 891 g/mol. The normalized spacial score (nSPS) is 12.7. The van der Waals surface area contributed by atoms with Gasteiger partial charge in [0.2, 0.25) is 0 Å². The van der Waals surface area contributed by atoms with Gasteiger partial charge in [0.25, 0.3) is 0 Å². The second-order valence-electron chi connectivity index (χ2n) is 17.5. The molecule has 0 aromatic rings. The minimum atomic E-state index is -0.796. The third-order valence-corrected chi connectivity index (χ3v) is 11.2. The predicted octanol–water partition coefficient (Wildman–Crippen LogP) is 17.6. The van der Waals surface area contributed by atoms with E-state index in [1.54, 1.807) is 0 Å². The first-order valence-corrected chi connectivity index (χ1v) is 26.7. The first-order chi connectivity index (χ1) is 31.5. The van der Waals surface area contributed by atoms with Crippen molar-refractivity contribution in [3.8, 4) is 0 Å². The van der Waals surface area contributed by atoms with E-state index < -0.39 is 6.10 Å². The molecule has 0 N–H and O–H groups in total. The van der Waals surface area contributed by atoms with Crippen molar-refractivity contribution in [3.05, 3.63) is 85.1 Å². The molecule has 0 saturated carbocycles. The number of allylic oxidation sites excluding steroid dienone is 14. The number of hydrogen-bond donors (Lipinski definition) is 0. The minimum absolute atomic E-state index is 0.0960. The quantitative estimate of drug-likeness (QED) is 0.0199. The van der Waals surface area contributed by atoms with Crippen LogP contribution in [-0.4, -0.2) is 37.2 Å². The van der Waals surface area contributed by atoms with Crippen molar-refractivity contribution in [1.29, 1.82) is 0 Å². The maximum absolute atomic E-state index is 12.8. The van der Waals surface area contributed by atoms with E-state index in [2.05, 4.69) is 106 Å². The molecule has 0 bridgehead atoms. The van der Waals surface area contributed by atoms with Gasteiger partial charge < -0.3 is 14.2 Å². The molecule has 0 aromatic carbocycles. The third kappa shape index (κ3) is 49.6. The maximum atomic E-state index is 12.8. The summed E-state index contributed by atoms with van der Waals surface area (Å²) in [6.45, 7) is 6.44. The van der Waals surface area contributed by atoms with Crippen LogP contribution in [0.25, 0.3) is 0 Å². The van der Waals surface area contributed by atoms with Gasteiger partial charge in [0.05, 0.1) is 0 Å². The fourth-order valence-corrected chi connectivity index (χ4v) is 7.20. The lowest BCUT2D eigenvalue weighted by Crippen LogP contribution is -2.30. The summed E-state index contributed by atoms with van der Waals surface area (Å²) in [6.07, 6.45) is 67.0. The Labute approximate surface area is 395 Å². The molecular weight excluding hydrogens is 793 g/mol.